The Kier molecular flexibility index (Phi) is 4.66. The lowest BCUT2D eigenvalue weighted by Crippen LogP contribution is -2.41. The lowest BCUT2D eigenvalue weighted by Gasteiger charge is -2.18. The highest BCUT2D eigenvalue weighted by molar-refractivity contribution is 7.09. The van der Waals surface area contributed by atoms with E-state index in [0.717, 1.165) is 16.3 Å². The monoisotopic (exact) mass is 411 g/mol. The number of carbonyl (C=O) groups is 3. The van der Waals surface area contributed by atoms with Gasteiger partial charge in [0.1, 0.15) is 5.76 Å². The molecule has 1 N–H and O–H groups in total. The topological polar surface area (TPSA) is 84.6 Å². The molecule has 0 radical (unpaired) electrons. The van der Waals surface area contributed by atoms with Crippen molar-refractivity contribution < 1.29 is 18.8 Å². The molecule has 3 aromatic rings. The first kappa shape index (κ1) is 19.2. The molecule has 1 saturated heterocycles. The van der Waals surface area contributed by atoms with Crippen LogP contribution < -0.4 is 5.32 Å². The van der Waals surface area contributed by atoms with Crippen LogP contribution in [-0.4, -0.2) is 33.7 Å². The Hall–Kier alpha value is -3.13. The highest BCUT2D eigenvalue weighted by Gasteiger charge is 2.51. The number of thiophene rings is 1. The Bertz CT molecular complexity index is 1080. The standard InChI is InChI=1S/C21H21N3O4S/c1-13-10-16(14(2)23(13)11-15-6-5-9-29-15)17(25)12-24-19(26)21(3,22-20(24)27)18-7-4-8-28-18/h4-10H,11-12H2,1-3H3,(H,22,27)/t21-/m0/s1. The molecule has 4 rings (SSSR count). The number of urea groups is 1. The molecular weight excluding hydrogens is 390 g/mol. The molecule has 3 amide bonds. The molecular formula is C21H21N3O4S. The molecule has 150 valence electrons. The largest absolute Gasteiger partial charge is 0.466 e. The van der Waals surface area contributed by atoms with Crippen LogP contribution >= 0.6 is 11.3 Å². The predicted octanol–water partition coefficient (Wildman–Crippen LogP) is 3.46. The predicted molar refractivity (Wildman–Crippen MR) is 108 cm³/mol. The molecule has 0 saturated carbocycles. The summed E-state index contributed by atoms with van der Waals surface area (Å²) in [5, 5.41) is 4.65. The summed E-state index contributed by atoms with van der Waals surface area (Å²) < 4.78 is 7.38. The molecule has 3 aromatic heterocycles. The molecule has 8 heteroatoms. The van der Waals surface area contributed by atoms with Crippen molar-refractivity contribution in [3.63, 3.8) is 0 Å². The summed E-state index contributed by atoms with van der Waals surface area (Å²) >= 11 is 1.66. The lowest BCUT2D eigenvalue weighted by atomic mass is 9.99. The second-order valence-electron chi connectivity index (χ2n) is 7.30. The van der Waals surface area contributed by atoms with Gasteiger partial charge in [0.2, 0.25) is 0 Å². The van der Waals surface area contributed by atoms with Crippen molar-refractivity contribution in [2.75, 3.05) is 6.54 Å². The van der Waals surface area contributed by atoms with Gasteiger partial charge in [-0.2, -0.15) is 0 Å². The normalized spacial score (nSPS) is 19.1. The van der Waals surface area contributed by atoms with Crippen LogP contribution in [0.4, 0.5) is 4.79 Å². The molecule has 4 heterocycles. The molecule has 1 atom stereocenters. The average Bonchev–Trinajstić information content (AvgIpc) is 3.46. The number of amides is 3. The second kappa shape index (κ2) is 7.04. The van der Waals surface area contributed by atoms with Crippen LogP contribution in [0.15, 0.2) is 46.4 Å². The number of nitrogens with zero attached hydrogens (tertiary/aromatic N) is 2. The molecule has 7 nitrogen and oxygen atoms in total. The van der Waals surface area contributed by atoms with E-state index in [1.807, 2.05) is 37.4 Å². The number of carbonyl (C=O) groups excluding carboxylic acids is 3. The zero-order valence-electron chi connectivity index (χ0n) is 16.4. The number of furan rings is 1. The molecule has 29 heavy (non-hydrogen) atoms. The van der Waals surface area contributed by atoms with Crippen LogP contribution in [0, 0.1) is 13.8 Å². The van der Waals surface area contributed by atoms with Crippen molar-refractivity contribution in [1.82, 2.24) is 14.8 Å². The molecule has 1 aliphatic rings. The van der Waals surface area contributed by atoms with E-state index in [1.165, 1.54) is 11.1 Å². The highest BCUT2D eigenvalue weighted by atomic mass is 32.1. The van der Waals surface area contributed by atoms with Crippen molar-refractivity contribution in [2.45, 2.75) is 32.9 Å². The van der Waals surface area contributed by atoms with E-state index >= 15 is 0 Å². The number of Topliss-reactive ketones (excluding diaryl/α,β-unsaturated/α-hetero) is 1. The first-order chi connectivity index (χ1) is 13.8. The molecule has 1 aliphatic heterocycles. The van der Waals surface area contributed by atoms with Crippen molar-refractivity contribution in [2.24, 2.45) is 0 Å². The number of aryl methyl sites for hydroxylation is 1. The van der Waals surface area contributed by atoms with Crippen molar-refractivity contribution in [3.8, 4) is 0 Å². The van der Waals surface area contributed by atoms with Gasteiger partial charge >= 0.3 is 6.03 Å². The number of rotatable bonds is 6. The van der Waals surface area contributed by atoms with Crippen LogP contribution in [0.5, 0.6) is 0 Å². The Balaban J connectivity index is 1.56. The maximum absolute atomic E-state index is 13.0. The maximum atomic E-state index is 13.0. The number of imide groups is 1. The number of hydrogen-bond donors (Lipinski definition) is 1. The smallest absolute Gasteiger partial charge is 0.325 e. The first-order valence-corrected chi connectivity index (χ1v) is 10.1. The molecule has 0 spiro atoms. The fraction of sp³-hybridized carbons (Fsp3) is 0.286. The molecule has 0 aromatic carbocycles. The minimum Gasteiger partial charge on any atom is -0.466 e. The quantitative estimate of drug-likeness (QED) is 0.497. The van der Waals surface area contributed by atoms with Crippen LogP contribution in [0.3, 0.4) is 0 Å². The lowest BCUT2D eigenvalue weighted by molar-refractivity contribution is -0.131. The zero-order chi connectivity index (χ0) is 20.8. The molecule has 0 bridgehead atoms. The van der Waals surface area contributed by atoms with E-state index in [2.05, 4.69) is 9.88 Å². The van der Waals surface area contributed by atoms with Crippen LogP contribution in [0.25, 0.3) is 0 Å². The Morgan fingerprint density at radius 1 is 1.24 bits per heavy atom. The fourth-order valence-corrected chi connectivity index (χ4v) is 4.38. The Labute approximate surface area is 171 Å². The van der Waals surface area contributed by atoms with Gasteiger partial charge in [-0.15, -0.1) is 11.3 Å². The van der Waals surface area contributed by atoms with Gasteiger partial charge in [-0.1, -0.05) is 6.07 Å². The first-order valence-electron chi connectivity index (χ1n) is 9.21. The minimum absolute atomic E-state index is 0.275. The average molecular weight is 411 g/mol. The minimum atomic E-state index is -1.31. The summed E-state index contributed by atoms with van der Waals surface area (Å²) in [7, 11) is 0. The number of hydrogen-bond acceptors (Lipinski definition) is 5. The van der Waals surface area contributed by atoms with Crippen molar-refractivity contribution in [1.29, 1.82) is 0 Å². The summed E-state index contributed by atoms with van der Waals surface area (Å²) in [6.07, 6.45) is 1.44. The number of aromatic nitrogens is 1. The summed E-state index contributed by atoms with van der Waals surface area (Å²) in [6.45, 7) is 5.77. The summed E-state index contributed by atoms with van der Waals surface area (Å²) in [6, 6.07) is 8.53. The van der Waals surface area contributed by atoms with E-state index < -0.39 is 17.5 Å². The van der Waals surface area contributed by atoms with Gasteiger partial charge in [-0.05, 0) is 50.4 Å². The van der Waals surface area contributed by atoms with E-state index in [-0.39, 0.29) is 12.3 Å². The molecule has 0 unspecified atom stereocenters. The van der Waals surface area contributed by atoms with Crippen molar-refractivity contribution in [3.05, 3.63) is 69.6 Å². The number of nitrogens with one attached hydrogen (secondary N) is 1. The SMILES string of the molecule is Cc1cc(C(=O)CN2C(=O)N[C@@](C)(c3ccco3)C2=O)c(C)n1Cc1cccs1. The van der Waals surface area contributed by atoms with Crippen LogP contribution in [-0.2, 0) is 16.9 Å². The summed E-state index contributed by atoms with van der Waals surface area (Å²) in [4.78, 5) is 40.4. The van der Waals surface area contributed by atoms with E-state index in [9.17, 15) is 14.4 Å². The second-order valence-corrected chi connectivity index (χ2v) is 8.33. The van der Waals surface area contributed by atoms with Gasteiger partial charge in [-0.25, -0.2) is 4.79 Å². The van der Waals surface area contributed by atoms with Gasteiger partial charge < -0.3 is 14.3 Å². The Morgan fingerprint density at radius 3 is 2.69 bits per heavy atom. The third-order valence-electron chi connectivity index (χ3n) is 5.36. The molecule has 0 aliphatic carbocycles. The third-order valence-corrected chi connectivity index (χ3v) is 6.22. The van der Waals surface area contributed by atoms with Gasteiger partial charge in [0.05, 0.1) is 19.4 Å². The van der Waals surface area contributed by atoms with E-state index in [4.69, 9.17) is 4.42 Å². The fourth-order valence-electron chi connectivity index (χ4n) is 3.68. The zero-order valence-corrected chi connectivity index (χ0v) is 17.2. The molecule has 1 fully saturated rings. The maximum Gasteiger partial charge on any atom is 0.325 e. The number of ketones is 1. The van der Waals surface area contributed by atoms with Crippen LogP contribution in [0.2, 0.25) is 0 Å². The van der Waals surface area contributed by atoms with Gasteiger partial charge in [0.25, 0.3) is 5.91 Å². The van der Waals surface area contributed by atoms with Crippen LogP contribution in [0.1, 0.15) is 39.3 Å². The Morgan fingerprint density at radius 2 is 2.03 bits per heavy atom. The van der Waals surface area contributed by atoms with Crippen molar-refractivity contribution >= 4 is 29.1 Å². The van der Waals surface area contributed by atoms with E-state index in [1.54, 1.807) is 30.4 Å². The van der Waals surface area contributed by atoms with Gasteiger partial charge in [0.15, 0.2) is 11.3 Å². The highest BCUT2D eigenvalue weighted by Crippen LogP contribution is 2.29. The van der Waals surface area contributed by atoms with Gasteiger partial charge in [0, 0.05) is 21.8 Å². The van der Waals surface area contributed by atoms with E-state index in [0.29, 0.717) is 17.9 Å². The third kappa shape index (κ3) is 3.19. The summed E-state index contributed by atoms with van der Waals surface area (Å²) in [5.74, 6) is -0.444. The summed E-state index contributed by atoms with van der Waals surface area (Å²) in [5.41, 5.74) is 0.988. The van der Waals surface area contributed by atoms with Gasteiger partial charge in [-0.3, -0.25) is 14.5 Å².